The molecule has 32 heavy (non-hydrogen) atoms. The summed E-state index contributed by atoms with van der Waals surface area (Å²) < 4.78 is 6.56. The van der Waals surface area contributed by atoms with Crippen molar-refractivity contribution in [2.75, 3.05) is 13.1 Å². The largest absolute Gasteiger partial charge is 0.489 e. The third-order valence-electron chi connectivity index (χ3n) is 7.05. The second-order valence-electron chi connectivity index (χ2n) is 9.44. The first-order chi connectivity index (χ1) is 15.5. The third kappa shape index (κ3) is 4.70. The molecule has 174 valence electrons. The van der Waals surface area contributed by atoms with Crippen LogP contribution >= 0.6 is 0 Å². The van der Waals surface area contributed by atoms with E-state index in [-0.39, 0.29) is 17.9 Å². The monoisotopic (exact) mass is 439 g/mol. The van der Waals surface area contributed by atoms with Crippen molar-refractivity contribution >= 4 is 11.8 Å². The lowest BCUT2D eigenvalue weighted by atomic mass is 9.90. The van der Waals surface area contributed by atoms with Crippen LogP contribution in [-0.2, 0) is 11.3 Å². The topological polar surface area (TPSA) is 61.9 Å². The zero-order valence-corrected chi connectivity index (χ0v) is 19.6. The van der Waals surface area contributed by atoms with Crippen molar-refractivity contribution in [3.05, 3.63) is 41.6 Å². The summed E-state index contributed by atoms with van der Waals surface area (Å²) in [4.78, 5) is 29.7. The summed E-state index contributed by atoms with van der Waals surface area (Å²) in [5.74, 6) is 0.646. The highest BCUT2D eigenvalue weighted by molar-refractivity contribution is 6.01. The minimum atomic E-state index is -0.427. The average molecular weight is 440 g/mol. The molecule has 1 saturated heterocycles. The fourth-order valence-corrected chi connectivity index (χ4v) is 5.53. The number of hydrogen-bond donors (Lipinski definition) is 1. The molecule has 1 aromatic rings. The van der Waals surface area contributed by atoms with Crippen LogP contribution < -0.4 is 10.1 Å². The van der Waals surface area contributed by atoms with Gasteiger partial charge in [-0.15, -0.1) is 0 Å². The van der Waals surface area contributed by atoms with Gasteiger partial charge in [-0.1, -0.05) is 26.8 Å². The van der Waals surface area contributed by atoms with E-state index in [1.807, 2.05) is 18.2 Å². The quantitative estimate of drug-likeness (QED) is 0.658. The van der Waals surface area contributed by atoms with E-state index in [2.05, 4.69) is 30.6 Å². The van der Waals surface area contributed by atoms with Gasteiger partial charge in [0.15, 0.2) is 0 Å². The lowest BCUT2D eigenvalue weighted by Crippen LogP contribution is -2.49. The number of nitrogens with one attached hydrogen (secondary N) is 1. The maximum atomic E-state index is 13.0. The summed E-state index contributed by atoms with van der Waals surface area (Å²) in [5, 5.41) is 2.80. The standard InChI is InChI=1S/C26H37N3O3/c1-4-14-28(15-5-2)22-8-6-7-9-24(22)32-20-11-12-21-19(16-20)17-29(26(21)31)23-13-10-18(3)27-25(23)30/h11-12,16,22-24H,3-10,13-15,17H2,1-2H3,(H,27,30)/t22-,23?,24-/m1/s1. The van der Waals surface area contributed by atoms with Crippen LogP contribution in [0.5, 0.6) is 5.75 Å². The minimum Gasteiger partial charge on any atom is -0.489 e. The van der Waals surface area contributed by atoms with Crippen LogP contribution in [0, 0.1) is 0 Å². The van der Waals surface area contributed by atoms with E-state index in [0.29, 0.717) is 31.0 Å². The van der Waals surface area contributed by atoms with E-state index in [9.17, 15) is 9.59 Å². The number of amides is 2. The van der Waals surface area contributed by atoms with Gasteiger partial charge in [0.2, 0.25) is 5.91 Å². The van der Waals surface area contributed by atoms with Crippen LogP contribution in [0.4, 0.5) is 0 Å². The second-order valence-corrected chi connectivity index (χ2v) is 9.44. The molecule has 0 aromatic heterocycles. The van der Waals surface area contributed by atoms with E-state index in [1.165, 1.54) is 19.3 Å². The van der Waals surface area contributed by atoms with Crippen molar-refractivity contribution in [1.29, 1.82) is 0 Å². The zero-order valence-electron chi connectivity index (χ0n) is 19.6. The number of benzene rings is 1. The van der Waals surface area contributed by atoms with Gasteiger partial charge in [0, 0.05) is 23.8 Å². The van der Waals surface area contributed by atoms with Crippen LogP contribution in [0.2, 0.25) is 0 Å². The number of nitrogens with zero attached hydrogens (tertiary/aromatic N) is 2. The highest BCUT2D eigenvalue weighted by atomic mass is 16.5. The van der Waals surface area contributed by atoms with Gasteiger partial charge in [0.05, 0.1) is 0 Å². The van der Waals surface area contributed by atoms with Crippen molar-refractivity contribution in [3.8, 4) is 5.75 Å². The molecule has 1 N–H and O–H groups in total. The van der Waals surface area contributed by atoms with Crippen LogP contribution in [0.15, 0.2) is 30.5 Å². The van der Waals surface area contributed by atoms with Crippen LogP contribution in [0.1, 0.15) is 81.1 Å². The summed E-state index contributed by atoms with van der Waals surface area (Å²) in [6.07, 6.45) is 8.55. The lowest BCUT2D eigenvalue weighted by molar-refractivity contribution is -0.126. The van der Waals surface area contributed by atoms with E-state index >= 15 is 0 Å². The first-order valence-corrected chi connectivity index (χ1v) is 12.3. The smallest absolute Gasteiger partial charge is 0.255 e. The highest BCUT2D eigenvalue weighted by Crippen LogP contribution is 2.33. The first-order valence-electron chi connectivity index (χ1n) is 12.3. The second kappa shape index (κ2) is 10.1. The summed E-state index contributed by atoms with van der Waals surface area (Å²) in [5.41, 5.74) is 2.37. The molecule has 6 nitrogen and oxygen atoms in total. The van der Waals surface area contributed by atoms with Crippen molar-refractivity contribution in [1.82, 2.24) is 15.1 Å². The molecular formula is C26H37N3O3. The van der Waals surface area contributed by atoms with Gasteiger partial charge < -0.3 is 15.0 Å². The Morgan fingerprint density at radius 3 is 2.59 bits per heavy atom. The number of piperidine rings is 1. The van der Waals surface area contributed by atoms with Crippen molar-refractivity contribution < 1.29 is 14.3 Å². The van der Waals surface area contributed by atoms with Gasteiger partial charge in [-0.25, -0.2) is 0 Å². The molecule has 4 rings (SSSR count). The van der Waals surface area contributed by atoms with Gasteiger partial charge in [-0.2, -0.15) is 0 Å². The Balaban J connectivity index is 1.47. The van der Waals surface area contributed by atoms with Gasteiger partial charge in [0.25, 0.3) is 5.91 Å². The van der Waals surface area contributed by atoms with Gasteiger partial charge in [0.1, 0.15) is 17.9 Å². The maximum absolute atomic E-state index is 13.0. The average Bonchev–Trinajstić information content (AvgIpc) is 3.09. The predicted molar refractivity (Wildman–Crippen MR) is 125 cm³/mol. The molecule has 0 radical (unpaired) electrons. The summed E-state index contributed by atoms with van der Waals surface area (Å²) in [7, 11) is 0. The van der Waals surface area contributed by atoms with Gasteiger partial charge in [-0.05, 0) is 81.8 Å². The van der Waals surface area contributed by atoms with Crippen LogP contribution in [0.25, 0.3) is 0 Å². The van der Waals surface area contributed by atoms with E-state index in [0.717, 1.165) is 49.4 Å². The van der Waals surface area contributed by atoms with E-state index < -0.39 is 6.04 Å². The highest BCUT2D eigenvalue weighted by Gasteiger charge is 2.38. The van der Waals surface area contributed by atoms with Crippen molar-refractivity contribution in [3.63, 3.8) is 0 Å². The lowest BCUT2D eigenvalue weighted by Gasteiger charge is -2.39. The molecule has 1 aromatic carbocycles. The van der Waals surface area contributed by atoms with Crippen LogP contribution in [0.3, 0.4) is 0 Å². The molecule has 0 bridgehead atoms. The van der Waals surface area contributed by atoms with Crippen LogP contribution in [-0.4, -0.2) is 52.9 Å². The molecule has 3 aliphatic rings. The summed E-state index contributed by atoms with van der Waals surface area (Å²) in [6, 6.07) is 5.85. The number of rotatable bonds is 8. The molecule has 1 aliphatic carbocycles. The maximum Gasteiger partial charge on any atom is 0.255 e. The number of hydrogen-bond acceptors (Lipinski definition) is 4. The van der Waals surface area contributed by atoms with Gasteiger partial charge in [-0.3, -0.25) is 14.5 Å². The SMILES string of the molecule is C=C1CCC(N2Cc3cc(O[C@@H]4CCCC[C@H]4N(CCC)CCC)ccc3C2=O)C(=O)N1. The number of allylic oxidation sites excluding steroid dienone is 1. The Kier molecular flexibility index (Phi) is 7.19. The summed E-state index contributed by atoms with van der Waals surface area (Å²) >= 11 is 0. The molecule has 6 heteroatoms. The first kappa shape index (κ1) is 22.8. The predicted octanol–water partition coefficient (Wildman–Crippen LogP) is 4.25. The molecule has 2 heterocycles. The molecular weight excluding hydrogens is 402 g/mol. The number of carbonyl (C=O) groups is 2. The van der Waals surface area contributed by atoms with Crippen molar-refractivity contribution in [2.45, 2.75) is 89.9 Å². The zero-order chi connectivity index (χ0) is 22.7. The number of carbonyl (C=O) groups excluding carboxylic acids is 2. The number of ether oxygens (including phenoxy) is 1. The Bertz CT molecular complexity index is 862. The van der Waals surface area contributed by atoms with E-state index in [1.54, 1.807) is 4.90 Å². The molecule has 2 amide bonds. The number of fused-ring (bicyclic) bond motifs is 1. The Labute approximate surface area is 192 Å². The molecule has 3 atom stereocenters. The van der Waals surface area contributed by atoms with Crippen molar-refractivity contribution in [2.24, 2.45) is 0 Å². The molecule has 1 saturated carbocycles. The molecule has 2 fully saturated rings. The minimum absolute atomic E-state index is 0.0631. The molecule has 1 unspecified atom stereocenters. The Morgan fingerprint density at radius 2 is 1.88 bits per heavy atom. The fraction of sp³-hybridized carbons (Fsp3) is 0.615. The fourth-order valence-electron chi connectivity index (χ4n) is 5.53. The molecule has 2 aliphatic heterocycles. The van der Waals surface area contributed by atoms with Gasteiger partial charge >= 0.3 is 0 Å². The normalized spacial score (nSPS) is 25.8. The Morgan fingerprint density at radius 1 is 1.12 bits per heavy atom. The van der Waals surface area contributed by atoms with E-state index in [4.69, 9.17) is 4.74 Å². The Hall–Kier alpha value is -2.34. The molecule has 0 spiro atoms. The summed E-state index contributed by atoms with van der Waals surface area (Å²) in [6.45, 7) is 11.0. The third-order valence-corrected chi connectivity index (χ3v) is 7.05.